The van der Waals surface area contributed by atoms with Crippen molar-refractivity contribution in [3.63, 3.8) is 0 Å². The summed E-state index contributed by atoms with van der Waals surface area (Å²) in [5.41, 5.74) is 0.980. The quantitative estimate of drug-likeness (QED) is 0.787. The zero-order valence-corrected chi connectivity index (χ0v) is 12.5. The number of rotatable bonds is 8. The lowest BCUT2D eigenvalue weighted by molar-refractivity contribution is -0.0380. The number of ether oxygens (including phenoxy) is 2. The largest absolute Gasteiger partial charge is 0.494 e. The van der Waals surface area contributed by atoms with Crippen LogP contribution in [-0.2, 0) is 4.74 Å². The minimum atomic E-state index is -0.372. The van der Waals surface area contributed by atoms with Crippen LogP contribution in [0.5, 0.6) is 5.75 Å². The molecule has 0 heterocycles. The first-order chi connectivity index (χ1) is 9.72. The summed E-state index contributed by atoms with van der Waals surface area (Å²) >= 11 is 0. The third-order valence-corrected chi connectivity index (χ3v) is 3.89. The first-order valence-electron chi connectivity index (χ1n) is 7.75. The molecule has 0 saturated heterocycles. The van der Waals surface area contributed by atoms with Crippen molar-refractivity contribution in [2.45, 2.75) is 51.7 Å². The molecule has 112 valence electrons. The summed E-state index contributed by atoms with van der Waals surface area (Å²) in [6.45, 7) is 5.65. The number of aliphatic hydroxyl groups is 1. The van der Waals surface area contributed by atoms with E-state index in [9.17, 15) is 5.11 Å². The Morgan fingerprint density at radius 3 is 2.50 bits per heavy atom. The summed E-state index contributed by atoms with van der Waals surface area (Å²) in [5, 5.41) is 10.3. The van der Waals surface area contributed by atoms with Crippen LogP contribution in [0.2, 0.25) is 0 Å². The molecular formula is C17H26O3. The third kappa shape index (κ3) is 4.22. The number of hydrogen-bond donors (Lipinski definition) is 1. The molecule has 1 saturated carbocycles. The summed E-state index contributed by atoms with van der Waals surface area (Å²) in [4.78, 5) is 0. The second kappa shape index (κ2) is 7.65. The zero-order chi connectivity index (χ0) is 14.4. The molecule has 0 aromatic heterocycles. The highest BCUT2D eigenvalue weighted by Gasteiger charge is 2.31. The van der Waals surface area contributed by atoms with Crippen molar-refractivity contribution in [1.29, 1.82) is 0 Å². The lowest BCUT2D eigenvalue weighted by atomic mass is 9.78. The van der Waals surface area contributed by atoms with Crippen molar-refractivity contribution in [2.24, 2.45) is 5.92 Å². The van der Waals surface area contributed by atoms with Crippen molar-refractivity contribution < 1.29 is 14.6 Å². The van der Waals surface area contributed by atoms with Gasteiger partial charge in [-0.1, -0.05) is 19.1 Å². The second-order valence-electron chi connectivity index (χ2n) is 5.58. The van der Waals surface area contributed by atoms with Gasteiger partial charge in [0, 0.05) is 6.61 Å². The van der Waals surface area contributed by atoms with Crippen LogP contribution < -0.4 is 4.74 Å². The highest BCUT2D eigenvalue weighted by atomic mass is 16.5. The van der Waals surface area contributed by atoms with E-state index in [1.807, 2.05) is 31.2 Å². The summed E-state index contributed by atoms with van der Waals surface area (Å²) < 4.78 is 11.1. The van der Waals surface area contributed by atoms with E-state index in [-0.39, 0.29) is 6.10 Å². The van der Waals surface area contributed by atoms with Crippen LogP contribution in [0.15, 0.2) is 24.3 Å². The Labute approximate surface area is 121 Å². The Morgan fingerprint density at radius 2 is 1.90 bits per heavy atom. The predicted octanol–water partition coefficient (Wildman–Crippen LogP) is 3.71. The molecule has 0 radical (unpaired) electrons. The van der Waals surface area contributed by atoms with Gasteiger partial charge in [-0.2, -0.15) is 0 Å². The van der Waals surface area contributed by atoms with Crippen LogP contribution in [0.25, 0.3) is 0 Å². The van der Waals surface area contributed by atoms with Gasteiger partial charge in [-0.3, -0.25) is 0 Å². The Bertz CT molecular complexity index is 382. The Morgan fingerprint density at radius 1 is 1.20 bits per heavy atom. The molecule has 0 aliphatic heterocycles. The molecule has 1 atom stereocenters. The van der Waals surface area contributed by atoms with Gasteiger partial charge in [-0.05, 0) is 56.2 Å². The van der Waals surface area contributed by atoms with E-state index in [2.05, 4.69) is 6.92 Å². The fourth-order valence-corrected chi connectivity index (χ4v) is 2.70. The molecule has 20 heavy (non-hydrogen) atoms. The molecule has 3 nitrogen and oxygen atoms in total. The highest BCUT2D eigenvalue weighted by Crippen LogP contribution is 2.37. The van der Waals surface area contributed by atoms with E-state index in [1.165, 1.54) is 0 Å². The van der Waals surface area contributed by atoms with Crippen LogP contribution in [0, 0.1) is 5.92 Å². The molecule has 1 aromatic carbocycles. The normalized spacial score (nSPS) is 23.1. The number of aliphatic hydroxyl groups excluding tert-OH is 1. The van der Waals surface area contributed by atoms with E-state index < -0.39 is 0 Å². The van der Waals surface area contributed by atoms with Crippen LogP contribution in [0.4, 0.5) is 0 Å². The van der Waals surface area contributed by atoms with Gasteiger partial charge in [0.25, 0.3) is 0 Å². The van der Waals surface area contributed by atoms with E-state index in [0.717, 1.165) is 50.2 Å². The molecule has 1 aliphatic carbocycles. The maximum absolute atomic E-state index is 10.3. The topological polar surface area (TPSA) is 38.7 Å². The maximum Gasteiger partial charge on any atom is 0.119 e. The van der Waals surface area contributed by atoms with Gasteiger partial charge >= 0.3 is 0 Å². The molecule has 1 aliphatic rings. The number of hydrogen-bond acceptors (Lipinski definition) is 3. The average Bonchev–Trinajstić information content (AvgIpc) is 2.43. The first-order valence-corrected chi connectivity index (χ1v) is 7.75. The molecule has 0 amide bonds. The molecular weight excluding hydrogens is 252 g/mol. The van der Waals surface area contributed by atoms with E-state index >= 15 is 0 Å². The summed E-state index contributed by atoms with van der Waals surface area (Å²) in [7, 11) is 0. The molecule has 1 N–H and O–H groups in total. The molecule has 0 bridgehead atoms. The molecule has 3 heteroatoms. The smallest absolute Gasteiger partial charge is 0.119 e. The Hall–Kier alpha value is -1.06. The van der Waals surface area contributed by atoms with Crippen LogP contribution in [0.1, 0.15) is 51.2 Å². The van der Waals surface area contributed by atoms with E-state index in [0.29, 0.717) is 12.0 Å². The van der Waals surface area contributed by atoms with Crippen LogP contribution >= 0.6 is 0 Å². The van der Waals surface area contributed by atoms with Crippen molar-refractivity contribution in [1.82, 2.24) is 0 Å². The van der Waals surface area contributed by atoms with Gasteiger partial charge in [0.05, 0.1) is 18.8 Å². The van der Waals surface area contributed by atoms with Gasteiger partial charge in [0.15, 0.2) is 0 Å². The van der Waals surface area contributed by atoms with Gasteiger partial charge in [-0.25, -0.2) is 0 Å². The Kier molecular flexibility index (Phi) is 5.86. The standard InChI is InChI=1S/C17H26O3/c1-3-9-20-15-7-5-14(6-8-15)17(18)12-13-10-16(11-13)19-4-2/h5-8,13,16-18H,3-4,9-12H2,1-2H3. The monoisotopic (exact) mass is 278 g/mol. The second-order valence-corrected chi connectivity index (χ2v) is 5.58. The van der Waals surface area contributed by atoms with Crippen molar-refractivity contribution >= 4 is 0 Å². The van der Waals surface area contributed by atoms with E-state index in [4.69, 9.17) is 9.47 Å². The maximum atomic E-state index is 10.3. The summed E-state index contributed by atoms with van der Waals surface area (Å²) in [5.74, 6) is 1.47. The lowest BCUT2D eigenvalue weighted by Crippen LogP contribution is -2.32. The molecule has 0 spiro atoms. The lowest BCUT2D eigenvalue weighted by Gasteiger charge is -2.36. The third-order valence-electron chi connectivity index (χ3n) is 3.89. The first kappa shape index (κ1) is 15.3. The minimum Gasteiger partial charge on any atom is -0.494 e. The van der Waals surface area contributed by atoms with Crippen LogP contribution in [-0.4, -0.2) is 24.4 Å². The average molecular weight is 278 g/mol. The summed E-state index contributed by atoms with van der Waals surface area (Å²) in [6, 6.07) is 7.82. The van der Waals surface area contributed by atoms with Gasteiger partial charge < -0.3 is 14.6 Å². The molecule has 1 aromatic rings. The SMILES string of the molecule is CCCOc1ccc(C(O)CC2CC(OCC)C2)cc1. The molecule has 1 fully saturated rings. The molecule has 2 rings (SSSR count). The fraction of sp³-hybridized carbons (Fsp3) is 0.647. The van der Waals surface area contributed by atoms with Crippen molar-refractivity contribution in [3.05, 3.63) is 29.8 Å². The Balaban J connectivity index is 1.76. The van der Waals surface area contributed by atoms with E-state index in [1.54, 1.807) is 0 Å². The van der Waals surface area contributed by atoms with Crippen LogP contribution in [0.3, 0.4) is 0 Å². The van der Waals surface area contributed by atoms with Gasteiger partial charge in [-0.15, -0.1) is 0 Å². The summed E-state index contributed by atoms with van der Waals surface area (Å²) in [6.07, 6.45) is 4.06. The van der Waals surface area contributed by atoms with Crippen molar-refractivity contribution in [2.75, 3.05) is 13.2 Å². The minimum absolute atomic E-state index is 0.372. The van der Waals surface area contributed by atoms with Gasteiger partial charge in [0.1, 0.15) is 5.75 Å². The molecule has 1 unspecified atom stereocenters. The zero-order valence-electron chi connectivity index (χ0n) is 12.5. The highest BCUT2D eigenvalue weighted by molar-refractivity contribution is 5.28. The van der Waals surface area contributed by atoms with Crippen molar-refractivity contribution in [3.8, 4) is 5.75 Å². The predicted molar refractivity (Wildman–Crippen MR) is 79.9 cm³/mol. The fourth-order valence-electron chi connectivity index (χ4n) is 2.70. The number of benzene rings is 1. The van der Waals surface area contributed by atoms with Gasteiger partial charge in [0.2, 0.25) is 0 Å².